The van der Waals surface area contributed by atoms with Gasteiger partial charge in [-0.15, -0.1) is 0 Å². The lowest BCUT2D eigenvalue weighted by molar-refractivity contribution is 0.565. The number of hydrogen-bond donors (Lipinski definition) is 1. The normalized spacial score (nSPS) is 10.4. The van der Waals surface area contributed by atoms with E-state index in [-0.39, 0.29) is 16.4 Å². The van der Waals surface area contributed by atoms with E-state index in [9.17, 15) is 8.78 Å². The predicted octanol–water partition coefficient (Wildman–Crippen LogP) is 1.86. The van der Waals surface area contributed by atoms with Crippen LogP contribution in [-0.4, -0.2) is 14.5 Å². The molecule has 0 saturated carbocycles. The van der Waals surface area contributed by atoms with Crippen LogP contribution in [-0.2, 0) is 0 Å². The first-order valence-corrected chi connectivity index (χ1v) is 4.66. The van der Waals surface area contributed by atoms with E-state index in [1.54, 1.807) is 0 Å². The second-order valence-electron chi connectivity index (χ2n) is 2.94. The molecule has 0 atom stereocenters. The van der Waals surface area contributed by atoms with Gasteiger partial charge in [-0.1, -0.05) is 6.07 Å². The zero-order valence-corrected chi connectivity index (χ0v) is 8.71. The maximum absolute atomic E-state index is 13.4. The maximum Gasteiger partial charge on any atom is 0.224 e. The van der Waals surface area contributed by atoms with Gasteiger partial charge in [-0.2, -0.15) is 4.98 Å². The first-order valence-electron chi connectivity index (χ1n) is 4.25. The highest BCUT2D eigenvalue weighted by Crippen LogP contribution is 2.17. The van der Waals surface area contributed by atoms with Crippen LogP contribution in [0.2, 0.25) is 0 Å². The number of nitrogens with zero attached hydrogens (tertiary/aromatic N) is 3. The van der Waals surface area contributed by atoms with Crippen molar-refractivity contribution in [3.8, 4) is 5.69 Å². The second-order valence-corrected chi connectivity index (χ2v) is 3.30. The van der Waals surface area contributed by atoms with Crippen LogP contribution < -0.4 is 5.73 Å². The van der Waals surface area contributed by atoms with Gasteiger partial charge in [-0.25, -0.2) is 13.8 Å². The molecule has 4 nitrogen and oxygen atoms in total. The third kappa shape index (κ3) is 1.76. The van der Waals surface area contributed by atoms with Crippen molar-refractivity contribution in [2.45, 2.75) is 0 Å². The Morgan fingerprint density at radius 3 is 2.44 bits per heavy atom. The van der Waals surface area contributed by atoms with Gasteiger partial charge in [-0.3, -0.25) is 4.57 Å². The summed E-state index contributed by atoms with van der Waals surface area (Å²) in [5.41, 5.74) is 4.98. The minimum absolute atomic E-state index is 0.0435. The van der Waals surface area contributed by atoms with Crippen LogP contribution in [0.3, 0.4) is 0 Å². The number of nitrogens with two attached hydrogens (primary N) is 1. The standard InChI is InChI=1S/C9H6F2N4S/c10-5-2-1-3-6(11)7(5)15-4-13-8(12)14-9(15)16/h1-4H,(H2,12,14,16). The molecule has 0 saturated heterocycles. The van der Waals surface area contributed by atoms with Crippen LogP contribution in [0.4, 0.5) is 14.7 Å². The largest absolute Gasteiger partial charge is 0.368 e. The van der Waals surface area contributed by atoms with Crippen molar-refractivity contribution in [1.29, 1.82) is 0 Å². The molecule has 1 aromatic carbocycles. The van der Waals surface area contributed by atoms with E-state index in [1.165, 1.54) is 6.07 Å². The fourth-order valence-corrected chi connectivity index (χ4v) is 1.45. The number of anilines is 1. The quantitative estimate of drug-likeness (QED) is 0.773. The number of para-hydroxylation sites is 1. The van der Waals surface area contributed by atoms with Crippen LogP contribution in [0, 0.1) is 16.4 Å². The Morgan fingerprint density at radius 1 is 1.25 bits per heavy atom. The summed E-state index contributed by atoms with van der Waals surface area (Å²) in [4.78, 5) is 7.27. The second kappa shape index (κ2) is 3.93. The third-order valence-electron chi connectivity index (χ3n) is 1.90. The Kier molecular flexibility index (Phi) is 2.61. The van der Waals surface area contributed by atoms with E-state index in [1.807, 2.05) is 0 Å². The molecule has 0 radical (unpaired) electrons. The minimum atomic E-state index is -0.746. The number of nitrogen functional groups attached to an aromatic ring is 1. The van der Waals surface area contributed by atoms with Gasteiger partial charge in [0, 0.05) is 0 Å². The molecule has 2 rings (SSSR count). The van der Waals surface area contributed by atoms with Crippen molar-refractivity contribution >= 4 is 18.2 Å². The van der Waals surface area contributed by atoms with Crippen LogP contribution in [0.25, 0.3) is 5.69 Å². The molecule has 2 aromatic rings. The number of benzene rings is 1. The fourth-order valence-electron chi connectivity index (χ4n) is 1.22. The van der Waals surface area contributed by atoms with Crippen LogP contribution >= 0.6 is 12.2 Å². The van der Waals surface area contributed by atoms with Crippen LogP contribution in [0.1, 0.15) is 0 Å². The predicted molar refractivity (Wildman–Crippen MR) is 56.5 cm³/mol. The molecule has 7 heteroatoms. The SMILES string of the molecule is Nc1ncn(-c2c(F)cccc2F)c(=S)n1. The highest BCUT2D eigenvalue weighted by molar-refractivity contribution is 7.71. The molecule has 1 heterocycles. The molecule has 16 heavy (non-hydrogen) atoms. The summed E-state index contributed by atoms with van der Waals surface area (Å²) in [7, 11) is 0. The van der Waals surface area contributed by atoms with E-state index in [2.05, 4.69) is 9.97 Å². The summed E-state index contributed by atoms with van der Waals surface area (Å²) in [5, 5.41) is 0. The average Bonchev–Trinajstić information content (AvgIpc) is 2.20. The minimum Gasteiger partial charge on any atom is -0.368 e. The van der Waals surface area contributed by atoms with E-state index in [0.717, 1.165) is 23.0 Å². The lowest BCUT2D eigenvalue weighted by Crippen LogP contribution is -2.07. The first kappa shape index (κ1) is 10.6. The fraction of sp³-hybridized carbons (Fsp3) is 0. The summed E-state index contributed by atoms with van der Waals surface area (Å²) >= 11 is 4.84. The van der Waals surface area contributed by atoms with Gasteiger partial charge in [0.2, 0.25) is 10.7 Å². The molecule has 0 amide bonds. The van der Waals surface area contributed by atoms with Crippen molar-refractivity contribution in [3.63, 3.8) is 0 Å². The number of hydrogen-bond acceptors (Lipinski definition) is 4. The van der Waals surface area contributed by atoms with Crippen molar-refractivity contribution in [2.24, 2.45) is 0 Å². The highest BCUT2D eigenvalue weighted by atomic mass is 32.1. The molecule has 0 fully saturated rings. The molecule has 0 aliphatic heterocycles. The van der Waals surface area contributed by atoms with Gasteiger partial charge >= 0.3 is 0 Å². The zero-order valence-electron chi connectivity index (χ0n) is 7.89. The van der Waals surface area contributed by atoms with E-state index in [4.69, 9.17) is 18.0 Å². The summed E-state index contributed by atoms with van der Waals surface area (Å²) in [6.45, 7) is 0. The van der Waals surface area contributed by atoms with E-state index >= 15 is 0 Å². The van der Waals surface area contributed by atoms with Crippen molar-refractivity contribution in [3.05, 3.63) is 40.9 Å². The summed E-state index contributed by atoms with van der Waals surface area (Å²) in [5.74, 6) is -1.54. The molecule has 82 valence electrons. The molecule has 1 aromatic heterocycles. The summed E-state index contributed by atoms with van der Waals surface area (Å²) in [6.07, 6.45) is 1.13. The first-order chi connectivity index (χ1) is 7.59. The van der Waals surface area contributed by atoms with Gasteiger partial charge in [-0.05, 0) is 24.4 Å². The Hall–Kier alpha value is -1.89. The molecule has 0 aliphatic rings. The number of aromatic nitrogens is 3. The summed E-state index contributed by atoms with van der Waals surface area (Å²) in [6, 6.07) is 3.50. The van der Waals surface area contributed by atoms with E-state index in [0.29, 0.717) is 0 Å². The van der Waals surface area contributed by atoms with Crippen LogP contribution in [0.5, 0.6) is 0 Å². The van der Waals surface area contributed by atoms with Crippen molar-refractivity contribution in [2.75, 3.05) is 5.73 Å². The number of rotatable bonds is 1. The van der Waals surface area contributed by atoms with Crippen molar-refractivity contribution < 1.29 is 8.78 Å². The average molecular weight is 240 g/mol. The smallest absolute Gasteiger partial charge is 0.224 e. The lowest BCUT2D eigenvalue weighted by atomic mass is 10.3. The molecular formula is C9H6F2N4S. The van der Waals surface area contributed by atoms with E-state index < -0.39 is 11.6 Å². The highest BCUT2D eigenvalue weighted by Gasteiger charge is 2.11. The zero-order chi connectivity index (χ0) is 11.7. The Bertz CT molecular complexity index is 576. The molecule has 0 unspecified atom stereocenters. The van der Waals surface area contributed by atoms with Gasteiger partial charge in [0.05, 0.1) is 0 Å². The van der Waals surface area contributed by atoms with Gasteiger partial charge in [0.1, 0.15) is 23.6 Å². The van der Waals surface area contributed by atoms with Gasteiger partial charge < -0.3 is 5.73 Å². The lowest BCUT2D eigenvalue weighted by Gasteiger charge is -2.07. The Morgan fingerprint density at radius 2 is 1.88 bits per heavy atom. The Labute approximate surface area is 94.4 Å². The molecule has 0 bridgehead atoms. The molecule has 0 aliphatic carbocycles. The Balaban J connectivity index is 2.73. The van der Waals surface area contributed by atoms with Gasteiger partial charge in [0.15, 0.2) is 0 Å². The van der Waals surface area contributed by atoms with Crippen LogP contribution in [0.15, 0.2) is 24.5 Å². The van der Waals surface area contributed by atoms with Gasteiger partial charge in [0.25, 0.3) is 0 Å². The molecule has 0 spiro atoms. The summed E-state index contributed by atoms with van der Waals surface area (Å²) < 4.78 is 27.8. The molecular weight excluding hydrogens is 234 g/mol. The number of halogens is 2. The maximum atomic E-state index is 13.4. The topological polar surface area (TPSA) is 56.7 Å². The molecule has 2 N–H and O–H groups in total. The third-order valence-corrected chi connectivity index (χ3v) is 2.19. The monoisotopic (exact) mass is 240 g/mol. The van der Waals surface area contributed by atoms with Crippen molar-refractivity contribution in [1.82, 2.24) is 14.5 Å².